The van der Waals surface area contributed by atoms with Gasteiger partial charge in [-0.3, -0.25) is 0 Å². The van der Waals surface area contributed by atoms with Gasteiger partial charge in [-0.15, -0.1) is 0 Å². The summed E-state index contributed by atoms with van der Waals surface area (Å²) in [7, 11) is 0. The third kappa shape index (κ3) is 5.03. The molecule has 0 aliphatic rings. The summed E-state index contributed by atoms with van der Waals surface area (Å²) in [6.07, 6.45) is 2.35. The number of hydrogen-bond acceptors (Lipinski definition) is 2. The lowest BCUT2D eigenvalue weighted by Gasteiger charge is -1.88. The van der Waals surface area contributed by atoms with E-state index in [1.54, 1.807) is 0 Å². The van der Waals surface area contributed by atoms with Crippen LogP contribution in [0.25, 0.3) is 0 Å². The van der Waals surface area contributed by atoms with E-state index in [2.05, 4.69) is 16.6 Å². The van der Waals surface area contributed by atoms with Gasteiger partial charge in [0.25, 0.3) is 0 Å². The molecule has 0 saturated heterocycles. The Morgan fingerprint density at radius 2 is 2.30 bits per heavy atom. The Balaban J connectivity index is 3.82. The maximum absolute atomic E-state index is 5.16. The minimum absolute atomic E-state index is 0.285. The molecule has 0 saturated carbocycles. The van der Waals surface area contributed by atoms with Crippen LogP contribution in [0.4, 0.5) is 0 Å². The Morgan fingerprint density at radius 1 is 1.70 bits per heavy atom. The molecule has 10 heavy (non-hydrogen) atoms. The highest BCUT2D eigenvalue weighted by atomic mass is 14.9. The average Bonchev–Trinajstić information content (AvgIpc) is 1.87. The zero-order valence-corrected chi connectivity index (χ0v) is 6.46. The van der Waals surface area contributed by atoms with Crippen LogP contribution in [-0.4, -0.2) is 12.1 Å². The third-order valence-corrected chi connectivity index (χ3v) is 1.01. The fourth-order valence-electron chi connectivity index (χ4n) is 0.293. The number of rotatable bonds is 3. The van der Waals surface area contributed by atoms with Crippen LogP contribution in [0.3, 0.4) is 0 Å². The second-order valence-corrected chi connectivity index (χ2v) is 1.95. The molecule has 0 atom stereocenters. The SMILES string of the molecule is C=C(N)N=CN=C(C)CC. The molecule has 0 bridgehead atoms. The molecule has 56 valence electrons. The molecule has 0 aliphatic heterocycles. The minimum Gasteiger partial charge on any atom is -0.384 e. The van der Waals surface area contributed by atoms with Crippen LogP contribution < -0.4 is 5.73 Å². The van der Waals surface area contributed by atoms with E-state index in [4.69, 9.17) is 5.73 Å². The summed E-state index contributed by atoms with van der Waals surface area (Å²) in [6.45, 7) is 7.36. The van der Waals surface area contributed by atoms with Crippen LogP contribution in [-0.2, 0) is 0 Å². The topological polar surface area (TPSA) is 50.7 Å². The smallest absolute Gasteiger partial charge is 0.117 e. The number of aliphatic imine (C=N–C) groups is 2. The first-order valence-corrected chi connectivity index (χ1v) is 3.17. The van der Waals surface area contributed by atoms with Crippen molar-refractivity contribution < 1.29 is 0 Å². The van der Waals surface area contributed by atoms with Crippen LogP contribution in [0.15, 0.2) is 22.4 Å². The van der Waals surface area contributed by atoms with Crippen molar-refractivity contribution >= 4 is 12.1 Å². The van der Waals surface area contributed by atoms with Crippen molar-refractivity contribution in [1.29, 1.82) is 0 Å². The first-order chi connectivity index (χ1) is 4.66. The largest absolute Gasteiger partial charge is 0.384 e. The van der Waals surface area contributed by atoms with Gasteiger partial charge in [0.05, 0.1) is 0 Å². The van der Waals surface area contributed by atoms with Crippen molar-refractivity contribution in [1.82, 2.24) is 0 Å². The van der Waals surface area contributed by atoms with E-state index < -0.39 is 0 Å². The van der Waals surface area contributed by atoms with E-state index in [1.165, 1.54) is 6.34 Å². The third-order valence-electron chi connectivity index (χ3n) is 1.01. The molecule has 0 heterocycles. The summed E-state index contributed by atoms with van der Waals surface area (Å²) in [5.41, 5.74) is 6.19. The van der Waals surface area contributed by atoms with Gasteiger partial charge in [0.1, 0.15) is 12.2 Å². The Morgan fingerprint density at radius 3 is 2.70 bits per heavy atom. The Bertz CT molecular complexity index is 168. The lowest BCUT2D eigenvalue weighted by atomic mass is 10.3. The highest BCUT2D eigenvalue weighted by Crippen LogP contribution is 1.82. The van der Waals surface area contributed by atoms with Gasteiger partial charge in [-0.25, -0.2) is 9.98 Å². The predicted octanol–water partition coefficient (Wildman–Crippen LogP) is 1.32. The van der Waals surface area contributed by atoms with Crippen LogP contribution in [0, 0.1) is 0 Å². The summed E-state index contributed by atoms with van der Waals surface area (Å²) in [4.78, 5) is 7.65. The number of hydrogen-bond donors (Lipinski definition) is 1. The van der Waals surface area contributed by atoms with Crippen LogP contribution >= 0.6 is 0 Å². The second-order valence-electron chi connectivity index (χ2n) is 1.95. The Kier molecular flexibility index (Phi) is 4.20. The fraction of sp³-hybridized carbons (Fsp3) is 0.429. The first-order valence-electron chi connectivity index (χ1n) is 3.17. The Hall–Kier alpha value is -1.12. The van der Waals surface area contributed by atoms with E-state index >= 15 is 0 Å². The minimum atomic E-state index is 0.285. The maximum atomic E-state index is 5.16. The molecule has 0 spiro atoms. The van der Waals surface area contributed by atoms with E-state index in [9.17, 15) is 0 Å². The molecule has 0 fully saturated rings. The molecular weight excluding hydrogens is 126 g/mol. The molecule has 0 unspecified atom stereocenters. The lowest BCUT2D eigenvalue weighted by molar-refractivity contribution is 1.24. The highest BCUT2D eigenvalue weighted by Gasteiger charge is 1.79. The quantitative estimate of drug-likeness (QED) is 0.465. The van der Waals surface area contributed by atoms with Crippen molar-refractivity contribution in [3.8, 4) is 0 Å². The Labute approximate surface area is 61.4 Å². The molecular formula is C7H13N3. The van der Waals surface area contributed by atoms with E-state index in [-0.39, 0.29) is 5.82 Å². The zero-order valence-electron chi connectivity index (χ0n) is 6.46. The molecule has 0 aromatic heterocycles. The second kappa shape index (κ2) is 4.73. The number of nitrogens with zero attached hydrogens (tertiary/aromatic N) is 2. The lowest BCUT2D eigenvalue weighted by Crippen LogP contribution is -1.91. The molecule has 0 aromatic rings. The molecule has 0 radical (unpaired) electrons. The van der Waals surface area contributed by atoms with Crippen molar-refractivity contribution in [3.05, 3.63) is 12.4 Å². The van der Waals surface area contributed by atoms with Gasteiger partial charge in [-0.05, 0) is 13.3 Å². The highest BCUT2D eigenvalue weighted by molar-refractivity contribution is 5.88. The van der Waals surface area contributed by atoms with Crippen molar-refractivity contribution in [2.75, 3.05) is 0 Å². The van der Waals surface area contributed by atoms with Gasteiger partial charge in [0, 0.05) is 5.71 Å². The van der Waals surface area contributed by atoms with Crippen molar-refractivity contribution in [2.24, 2.45) is 15.7 Å². The van der Waals surface area contributed by atoms with Crippen molar-refractivity contribution in [3.63, 3.8) is 0 Å². The maximum Gasteiger partial charge on any atom is 0.117 e. The monoisotopic (exact) mass is 139 g/mol. The fourth-order valence-corrected chi connectivity index (χ4v) is 0.293. The van der Waals surface area contributed by atoms with Gasteiger partial charge in [0.2, 0.25) is 0 Å². The first kappa shape index (κ1) is 8.88. The van der Waals surface area contributed by atoms with Gasteiger partial charge >= 0.3 is 0 Å². The molecule has 3 heteroatoms. The van der Waals surface area contributed by atoms with Gasteiger partial charge < -0.3 is 5.73 Å². The average molecular weight is 139 g/mol. The van der Waals surface area contributed by atoms with Crippen LogP contribution in [0.5, 0.6) is 0 Å². The molecule has 0 aromatic carbocycles. The van der Waals surface area contributed by atoms with E-state index in [0.717, 1.165) is 12.1 Å². The zero-order chi connectivity index (χ0) is 7.98. The van der Waals surface area contributed by atoms with Crippen LogP contribution in [0.2, 0.25) is 0 Å². The molecule has 2 N–H and O–H groups in total. The summed E-state index contributed by atoms with van der Waals surface area (Å²) in [5, 5.41) is 0. The molecule has 0 aliphatic carbocycles. The normalized spacial score (nSPS) is 12.4. The van der Waals surface area contributed by atoms with Gasteiger partial charge in [0.15, 0.2) is 0 Å². The van der Waals surface area contributed by atoms with Crippen LogP contribution in [0.1, 0.15) is 20.3 Å². The summed E-state index contributed by atoms with van der Waals surface area (Å²) in [5.74, 6) is 0.285. The molecule has 0 amide bonds. The predicted molar refractivity (Wildman–Crippen MR) is 45.2 cm³/mol. The van der Waals surface area contributed by atoms with E-state index in [1.807, 2.05) is 13.8 Å². The summed E-state index contributed by atoms with van der Waals surface area (Å²) < 4.78 is 0. The summed E-state index contributed by atoms with van der Waals surface area (Å²) in [6, 6.07) is 0. The van der Waals surface area contributed by atoms with E-state index in [0.29, 0.717) is 0 Å². The van der Waals surface area contributed by atoms with Crippen molar-refractivity contribution in [2.45, 2.75) is 20.3 Å². The summed E-state index contributed by atoms with van der Waals surface area (Å²) >= 11 is 0. The van der Waals surface area contributed by atoms with Gasteiger partial charge in [-0.1, -0.05) is 13.5 Å². The van der Waals surface area contributed by atoms with Gasteiger partial charge in [-0.2, -0.15) is 0 Å². The number of nitrogens with two attached hydrogens (primary N) is 1. The standard InChI is InChI=1S/C7H13N3/c1-4-6(2)9-5-10-7(3)8/h5H,3-4,8H2,1-2H3. The molecule has 3 nitrogen and oxygen atoms in total. The molecule has 0 rings (SSSR count).